The van der Waals surface area contributed by atoms with E-state index in [1.807, 2.05) is 30.3 Å². The van der Waals surface area contributed by atoms with Gasteiger partial charge in [-0.1, -0.05) is 43.5 Å². The third-order valence-corrected chi connectivity index (χ3v) is 2.45. The molecule has 0 saturated carbocycles. The van der Waals surface area contributed by atoms with E-state index in [4.69, 9.17) is 9.84 Å². The highest BCUT2D eigenvalue weighted by Crippen LogP contribution is 2.00. The van der Waals surface area contributed by atoms with E-state index in [0.717, 1.165) is 6.42 Å². The number of hydrogen-bond acceptors (Lipinski definition) is 5. The lowest BCUT2D eigenvalue weighted by atomic mass is 10.2. The summed E-state index contributed by atoms with van der Waals surface area (Å²) in [5, 5.41) is 8.21. The van der Waals surface area contributed by atoms with Crippen LogP contribution in [0, 0.1) is 0 Å². The Labute approximate surface area is 140 Å². The first-order valence-electron chi connectivity index (χ1n) is 6.91. The molecule has 0 spiro atoms. The van der Waals surface area contributed by atoms with Crippen molar-refractivity contribution in [1.29, 1.82) is 0 Å². The van der Waals surface area contributed by atoms with Gasteiger partial charge in [-0.3, -0.25) is 0 Å². The van der Waals surface area contributed by atoms with Gasteiger partial charge < -0.3 is 14.6 Å². The Bertz CT molecular complexity index is 592. The molecule has 24 heavy (non-hydrogen) atoms. The summed E-state index contributed by atoms with van der Waals surface area (Å²) in [6, 6.07) is 9.89. The third kappa shape index (κ3) is 9.73. The number of rotatable bonds is 7. The number of carbonyl (C=O) groups excluding carboxylic acids is 2. The molecule has 0 atom stereocenters. The fourth-order valence-electron chi connectivity index (χ4n) is 1.22. The first-order chi connectivity index (χ1) is 11.3. The van der Waals surface area contributed by atoms with Gasteiger partial charge in [-0.2, -0.15) is 0 Å². The van der Waals surface area contributed by atoms with Crippen molar-refractivity contribution in [1.82, 2.24) is 0 Å². The molecule has 128 valence electrons. The quantitative estimate of drug-likeness (QED) is 0.469. The Morgan fingerprint density at radius 3 is 2.21 bits per heavy atom. The molecular formula is C18H20O6. The zero-order valence-corrected chi connectivity index (χ0v) is 13.5. The van der Waals surface area contributed by atoms with Gasteiger partial charge in [0.2, 0.25) is 5.76 Å². The van der Waals surface area contributed by atoms with Crippen molar-refractivity contribution in [3.05, 3.63) is 73.0 Å². The molecule has 6 nitrogen and oxygen atoms in total. The average Bonchev–Trinajstić information content (AvgIpc) is 2.55. The van der Waals surface area contributed by atoms with Crippen LogP contribution in [-0.2, 0) is 30.3 Å². The highest BCUT2D eigenvalue weighted by molar-refractivity contribution is 5.93. The molecule has 0 bridgehead atoms. The summed E-state index contributed by atoms with van der Waals surface area (Å²) in [4.78, 5) is 31.3. The second kappa shape index (κ2) is 11.4. The number of aliphatic carboxylic acids is 1. The number of benzene rings is 1. The van der Waals surface area contributed by atoms with E-state index in [0.29, 0.717) is 6.61 Å². The maximum atomic E-state index is 10.7. The minimum atomic E-state index is -1.36. The van der Waals surface area contributed by atoms with E-state index in [1.54, 1.807) is 0 Å². The summed E-state index contributed by atoms with van der Waals surface area (Å²) in [7, 11) is 0. The van der Waals surface area contributed by atoms with Crippen molar-refractivity contribution in [2.45, 2.75) is 13.3 Å². The van der Waals surface area contributed by atoms with Gasteiger partial charge in [0, 0.05) is 18.1 Å². The normalized spacial score (nSPS) is 8.88. The standard InChI is InChI=1S/C11H12O2.C7H8O4/c1-2-11(12)13-9-8-10-6-4-3-5-7-10;1-4(2)7(10)11-5(3)6(8)9/h2-7H,1,8-9H2;1,3H2,2H3,(H,8,9). The molecule has 0 aliphatic carbocycles. The topological polar surface area (TPSA) is 89.9 Å². The molecule has 0 aliphatic heterocycles. The molecule has 1 N–H and O–H groups in total. The molecule has 0 fully saturated rings. The van der Waals surface area contributed by atoms with Crippen molar-refractivity contribution in [2.24, 2.45) is 0 Å². The lowest BCUT2D eigenvalue weighted by Crippen LogP contribution is -2.10. The van der Waals surface area contributed by atoms with E-state index in [-0.39, 0.29) is 11.5 Å². The molecule has 0 heterocycles. The molecule has 0 saturated heterocycles. The highest BCUT2D eigenvalue weighted by atomic mass is 16.6. The first kappa shape index (κ1) is 20.9. The molecule has 6 heteroatoms. The lowest BCUT2D eigenvalue weighted by Gasteiger charge is -2.01. The van der Waals surface area contributed by atoms with Crippen LogP contribution in [0.15, 0.2) is 67.5 Å². The predicted octanol–water partition coefficient (Wildman–Crippen LogP) is 2.66. The van der Waals surface area contributed by atoms with Crippen LogP contribution in [0.2, 0.25) is 0 Å². The van der Waals surface area contributed by atoms with Gasteiger partial charge in [-0.25, -0.2) is 14.4 Å². The van der Waals surface area contributed by atoms with Crippen LogP contribution in [0.3, 0.4) is 0 Å². The maximum absolute atomic E-state index is 10.7. The Hall–Kier alpha value is -3.15. The summed E-state index contributed by atoms with van der Waals surface area (Å²) >= 11 is 0. The minimum absolute atomic E-state index is 0.132. The molecule has 1 aromatic carbocycles. The largest absolute Gasteiger partial charge is 0.475 e. The molecule has 0 aromatic heterocycles. The average molecular weight is 332 g/mol. The summed E-state index contributed by atoms with van der Waals surface area (Å²) in [5.41, 5.74) is 1.30. The fraction of sp³-hybridized carbons (Fsp3) is 0.167. The van der Waals surface area contributed by atoms with Gasteiger partial charge in [0.15, 0.2) is 0 Å². The molecule has 0 radical (unpaired) electrons. The van der Waals surface area contributed by atoms with E-state index in [1.165, 1.54) is 18.6 Å². The van der Waals surface area contributed by atoms with Gasteiger partial charge in [-0.05, 0) is 19.1 Å². The number of hydrogen-bond donors (Lipinski definition) is 1. The van der Waals surface area contributed by atoms with Gasteiger partial charge in [-0.15, -0.1) is 0 Å². The first-order valence-corrected chi connectivity index (χ1v) is 6.91. The summed E-state index contributed by atoms with van der Waals surface area (Å²) in [6.07, 6.45) is 1.92. The zero-order valence-electron chi connectivity index (χ0n) is 13.5. The number of ether oxygens (including phenoxy) is 2. The zero-order chi connectivity index (χ0) is 18.5. The van der Waals surface area contributed by atoms with Crippen LogP contribution >= 0.6 is 0 Å². The van der Waals surface area contributed by atoms with E-state index in [2.05, 4.69) is 24.5 Å². The second-order valence-corrected chi connectivity index (χ2v) is 4.51. The Kier molecular flexibility index (Phi) is 9.92. The van der Waals surface area contributed by atoms with Crippen LogP contribution in [-0.4, -0.2) is 29.6 Å². The molecular weight excluding hydrogens is 312 g/mol. The minimum Gasteiger partial charge on any atom is -0.475 e. The van der Waals surface area contributed by atoms with Gasteiger partial charge in [0.05, 0.1) is 6.61 Å². The van der Waals surface area contributed by atoms with Crippen molar-refractivity contribution in [2.75, 3.05) is 6.61 Å². The molecule has 0 unspecified atom stereocenters. The Morgan fingerprint density at radius 1 is 1.17 bits per heavy atom. The van der Waals surface area contributed by atoms with Crippen LogP contribution in [0.5, 0.6) is 0 Å². The van der Waals surface area contributed by atoms with Gasteiger partial charge >= 0.3 is 17.9 Å². The lowest BCUT2D eigenvalue weighted by molar-refractivity contribution is -0.145. The molecule has 1 aromatic rings. The van der Waals surface area contributed by atoms with Gasteiger partial charge in [0.25, 0.3) is 0 Å². The highest BCUT2D eigenvalue weighted by Gasteiger charge is 2.11. The Morgan fingerprint density at radius 2 is 1.75 bits per heavy atom. The number of carboxylic acids is 1. The van der Waals surface area contributed by atoms with E-state index >= 15 is 0 Å². The fourth-order valence-corrected chi connectivity index (χ4v) is 1.22. The molecule has 0 aliphatic rings. The van der Waals surface area contributed by atoms with Crippen LogP contribution in [0.1, 0.15) is 12.5 Å². The van der Waals surface area contributed by atoms with E-state index < -0.39 is 17.7 Å². The number of esters is 2. The van der Waals surface area contributed by atoms with Crippen molar-refractivity contribution in [3.63, 3.8) is 0 Å². The second-order valence-electron chi connectivity index (χ2n) is 4.51. The summed E-state index contributed by atoms with van der Waals surface area (Å²) in [6.45, 7) is 11.4. The molecule has 0 amide bonds. The van der Waals surface area contributed by atoms with Crippen molar-refractivity contribution in [3.8, 4) is 0 Å². The monoisotopic (exact) mass is 332 g/mol. The molecule has 1 rings (SSSR count). The van der Waals surface area contributed by atoms with Crippen LogP contribution in [0.4, 0.5) is 0 Å². The van der Waals surface area contributed by atoms with Gasteiger partial charge in [0.1, 0.15) is 0 Å². The maximum Gasteiger partial charge on any atom is 0.371 e. The number of carboxylic acid groups (broad SMARTS) is 1. The van der Waals surface area contributed by atoms with Crippen molar-refractivity contribution < 1.29 is 29.0 Å². The van der Waals surface area contributed by atoms with Crippen molar-refractivity contribution >= 4 is 17.9 Å². The van der Waals surface area contributed by atoms with Crippen LogP contribution < -0.4 is 0 Å². The SMILES string of the molecule is C=C(C)C(=O)OC(=C)C(=O)O.C=CC(=O)OCCc1ccccc1. The summed E-state index contributed by atoms with van der Waals surface area (Å²) in [5.74, 6) is -3.11. The summed E-state index contributed by atoms with van der Waals surface area (Å²) < 4.78 is 9.08. The van der Waals surface area contributed by atoms with Crippen LogP contribution in [0.25, 0.3) is 0 Å². The number of carbonyl (C=O) groups is 3. The predicted molar refractivity (Wildman–Crippen MR) is 89.0 cm³/mol. The van der Waals surface area contributed by atoms with E-state index in [9.17, 15) is 14.4 Å². The Balaban J connectivity index is 0.000000449. The smallest absolute Gasteiger partial charge is 0.371 e. The third-order valence-electron chi connectivity index (χ3n) is 2.45.